The first-order valence-electron chi connectivity index (χ1n) is 3.47. The SMILES string of the molecule is C1=CC2CCC=C(C1)O2. The van der Waals surface area contributed by atoms with Gasteiger partial charge in [0.15, 0.2) is 0 Å². The van der Waals surface area contributed by atoms with Crippen LogP contribution in [0.3, 0.4) is 0 Å². The summed E-state index contributed by atoms with van der Waals surface area (Å²) in [4.78, 5) is 0. The number of hydrogen-bond acceptors (Lipinski definition) is 1. The lowest BCUT2D eigenvalue weighted by Gasteiger charge is -2.24. The van der Waals surface area contributed by atoms with Crippen LogP contribution in [0, 0.1) is 0 Å². The minimum absolute atomic E-state index is 0.402. The molecule has 0 aromatic heterocycles. The molecule has 0 radical (unpaired) electrons. The normalized spacial score (nSPS) is 31.1. The van der Waals surface area contributed by atoms with E-state index in [1.807, 2.05) is 0 Å². The number of rotatable bonds is 0. The Morgan fingerprint density at radius 3 is 3.33 bits per heavy atom. The molecule has 0 N–H and O–H groups in total. The van der Waals surface area contributed by atoms with E-state index >= 15 is 0 Å². The van der Waals surface area contributed by atoms with Gasteiger partial charge in [-0.1, -0.05) is 6.08 Å². The van der Waals surface area contributed by atoms with Gasteiger partial charge in [-0.05, 0) is 25.0 Å². The van der Waals surface area contributed by atoms with Crippen LogP contribution in [-0.4, -0.2) is 6.10 Å². The van der Waals surface area contributed by atoms with E-state index in [1.165, 1.54) is 18.6 Å². The van der Waals surface area contributed by atoms with Crippen LogP contribution in [0.2, 0.25) is 0 Å². The van der Waals surface area contributed by atoms with Gasteiger partial charge in [0.2, 0.25) is 0 Å². The van der Waals surface area contributed by atoms with E-state index in [0.717, 1.165) is 6.42 Å². The Morgan fingerprint density at radius 1 is 1.56 bits per heavy atom. The molecule has 2 heterocycles. The third-order valence-corrected chi connectivity index (χ3v) is 1.80. The molecule has 2 bridgehead atoms. The number of hydrogen-bond donors (Lipinski definition) is 0. The molecule has 0 saturated carbocycles. The lowest BCUT2D eigenvalue weighted by Crippen LogP contribution is -2.16. The largest absolute Gasteiger partial charge is 0.491 e. The summed E-state index contributed by atoms with van der Waals surface area (Å²) in [7, 11) is 0. The van der Waals surface area contributed by atoms with Crippen LogP contribution in [0.5, 0.6) is 0 Å². The third kappa shape index (κ3) is 0.869. The highest BCUT2D eigenvalue weighted by Crippen LogP contribution is 2.24. The molecular formula is C8H10O. The van der Waals surface area contributed by atoms with Crippen molar-refractivity contribution in [3.8, 4) is 0 Å². The molecule has 1 nitrogen and oxygen atoms in total. The van der Waals surface area contributed by atoms with Gasteiger partial charge in [-0.25, -0.2) is 0 Å². The number of allylic oxidation sites excluding steroid dienone is 2. The van der Waals surface area contributed by atoms with Crippen molar-refractivity contribution in [3.05, 3.63) is 24.0 Å². The van der Waals surface area contributed by atoms with Crippen LogP contribution in [0.15, 0.2) is 24.0 Å². The molecule has 1 unspecified atom stereocenters. The first-order valence-corrected chi connectivity index (χ1v) is 3.47. The second kappa shape index (κ2) is 1.90. The first kappa shape index (κ1) is 5.10. The highest BCUT2D eigenvalue weighted by molar-refractivity contribution is 5.11. The fourth-order valence-corrected chi connectivity index (χ4v) is 1.31. The van der Waals surface area contributed by atoms with Gasteiger partial charge in [-0.2, -0.15) is 0 Å². The van der Waals surface area contributed by atoms with Crippen molar-refractivity contribution in [2.45, 2.75) is 25.4 Å². The molecule has 0 amide bonds. The summed E-state index contributed by atoms with van der Waals surface area (Å²) >= 11 is 0. The van der Waals surface area contributed by atoms with Crippen LogP contribution in [0.1, 0.15) is 19.3 Å². The molecule has 2 rings (SSSR count). The third-order valence-electron chi connectivity index (χ3n) is 1.80. The van der Waals surface area contributed by atoms with E-state index in [4.69, 9.17) is 4.74 Å². The molecule has 2 aliphatic heterocycles. The Kier molecular flexibility index (Phi) is 1.08. The van der Waals surface area contributed by atoms with Crippen LogP contribution < -0.4 is 0 Å². The van der Waals surface area contributed by atoms with Gasteiger partial charge >= 0.3 is 0 Å². The fourth-order valence-electron chi connectivity index (χ4n) is 1.31. The summed E-state index contributed by atoms with van der Waals surface area (Å²) < 4.78 is 5.50. The summed E-state index contributed by atoms with van der Waals surface area (Å²) in [5.74, 6) is 1.17. The maximum atomic E-state index is 5.50. The molecule has 0 aliphatic carbocycles. The van der Waals surface area contributed by atoms with Crippen LogP contribution >= 0.6 is 0 Å². The van der Waals surface area contributed by atoms with Gasteiger partial charge < -0.3 is 4.74 Å². The Hall–Kier alpha value is -0.720. The zero-order chi connectivity index (χ0) is 6.10. The lowest BCUT2D eigenvalue weighted by atomic mass is 10.0. The number of fused-ring (bicyclic) bond motifs is 2. The van der Waals surface area contributed by atoms with E-state index in [2.05, 4.69) is 18.2 Å². The smallest absolute Gasteiger partial charge is 0.117 e. The van der Waals surface area contributed by atoms with Gasteiger partial charge in [0, 0.05) is 6.42 Å². The van der Waals surface area contributed by atoms with Crippen molar-refractivity contribution in [1.29, 1.82) is 0 Å². The minimum Gasteiger partial charge on any atom is -0.491 e. The summed E-state index contributed by atoms with van der Waals surface area (Å²) in [5.41, 5.74) is 0. The Labute approximate surface area is 55.0 Å². The van der Waals surface area contributed by atoms with E-state index in [-0.39, 0.29) is 0 Å². The van der Waals surface area contributed by atoms with Crippen molar-refractivity contribution in [1.82, 2.24) is 0 Å². The minimum atomic E-state index is 0.402. The van der Waals surface area contributed by atoms with Crippen LogP contribution in [0.25, 0.3) is 0 Å². The van der Waals surface area contributed by atoms with E-state index in [0.29, 0.717) is 6.10 Å². The molecule has 9 heavy (non-hydrogen) atoms. The summed E-state index contributed by atoms with van der Waals surface area (Å²) in [6.07, 6.45) is 10.3. The van der Waals surface area contributed by atoms with E-state index in [1.54, 1.807) is 0 Å². The molecule has 1 heteroatoms. The Bertz CT molecular complexity index is 167. The van der Waals surface area contributed by atoms with E-state index in [9.17, 15) is 0 Å². The topological polar surface area (TPSA) is 9.23 Å². The summed E-state index contributed by atoms with van der Waals surface area (Å²) in [6, 6.07) is 0. The standard InChI is InChI=1S/C8H10O/c1-3-7-5-2-6-8(4-1)9-7/h1,3,6-7H,2,4-5H2. The summed E-state index contributed by atoms with van der Waals surface area (Å²) in [6.45, 7) is 0. The second-order valence-electron chi connectivity index (χ2n) is 2.54. The van der Waals surface area contributed by atoms with Crippen LogP contribution in [0.4, 0.5) is 0 Å². The molecular weight excluding hydrogens is 112 g/mol. The first-order chi connectivity index (χ1) is 4.45. The van der Waals surface area contributed by atoms with Crippen molar-refractivity contribution >= 4 is 0 Å². The molecule has 1 atom stereocenters. The van der Waals surface area contributed by atoms with Gasteiger partial charge in [0.25, 0.3) is 0 Å². The van der Waals surface area contributed by atoms with Gasteiger partial charge in [0.05, 0.1) is 5.76 Å². The highest BCUT2D eigenvalue weighted by atomic mass is 16.5. The predicted octanol–water partition coefficient (Wildman–Crippen LogP) is 2.01. The zero-order valence-corrected chi connectivity index (χ0v) is 5.34. The quantitative estimate of drug-likeness (QED) is 0.446. The second-order valence-corrected chi connectivity index (χ2v) is 2.54. The summed E-state index contributed by atoms with van der Waals surface area (Å²) in [5, 5.41) is 0. The highest BCUT2D eigenvalue weighted by Gasteiger charge is 2.15. The average Bonchev–Trinajstić information content (AvgIpc) is 1.88. The van der Waals surface area contributed by atoms with Crippen molar-refractivity contribution in [2.75, 3.05) is 0 Å². The van der Waals surface area contributed by atoms with Crippen molar-refractivity contribution in [2.24, 2.45) is 0 Å². The van der Waals surface area contributed by atoms with Crippen LogP contribution in [-0.2, 0) is 4.74 Å². The van der Waals surface area contributed by atoms with Gasteiger partial charge in [0.1, 0.15) is 6.10 Å². The van der Waals surface area contributed by atoms with Crippen molar-refractivity contribution in [3.63, 3.8) is 0 Å². The maximum Gasteiger partial charge on any atom is 0.117 e. The van der Waals surface area contributed by atoms with Gasteiger partial charge in [-0.3, -0.25) is 0 Å². The number of ether oxygens (including phenoxy) is 1. The average molecular weight is 122 g/mol. The monoisotopic (exact) mass is 122 g/mol. The van der Waals surface area contributed by atoms with Crippen molar-refractivity contribution < 1.29 is 4.74 Å². The van der Waals surface area contributed by atoms with E-state index < -0.39 is 0 Å². The molecule has 0 fully saturated rings. The maximum absolute atomic E-state index is 5.50. The lowest BCUT2D eigenvalue weighted by molar-refractivity contribution is 0.121. The van der Waals surface area contributed by atoms with Gasteiger partial charge in [-0.15, -0.1) is 0 Å². The Morgan fingerprint density at radius 2 is 2.56 bits per heavy atom. The fraction of sp³-hybridized carbons (Fsp3) is 0.500. The Balaban J connectivity index is 2.25. The molecule has 0 saturated heterocycles. The predicted molar refractivity (Wildman–Crippen MR) is 35.9 cm³/mol. The molecule has 0 aromatic carbocycles. The molecule has 0 spiro atoms. The molecule has 2 aliphatic rings. The molecule has 48 valence electrons. The zero-order valence-electron chi connectivity index (χ0n) is 5.34. The molecule has 0 aromatic rings.